The molecule has 0 unspecified atom stereocenters. The van der Waals surface area contributed by atoms with Crippen LogP contribution in [0.15, 0.2) is 24.3 Å². The van der Waals surface area contributed by atoms with Crippen molar-refractivity contribution in [3.8, 4) is 5.75 Å². The van der Waals surface area contributed by atoms with Crippen LogP contribution in [-0.2, 0) is 4.79 Å². The van der Waals surface area contributed by atoms with Crippen molar-refractivity contribution in [3.05, 3.63) is 24.3 Å². The number of amides is 1. The molecule has 4 heteroatoms. The largest absolute Gasteiger partial charge is 0.497 e. The summed E-state index contributed by atoms with van der Waals surface area (Å²) in [5.41, 5.74) is 0.919. The molecule has 0 atom stereocenters. The zero-order valence-electron chi connectivity index (χ0n) is 11.5. The van der Waals surface area contributed by atoms with E-state index in [9.17, 15) is 4.79 Å². The summed E-state index contributed by atoms with van der Waals surface area (Å²) < 4.78 is 5.16. The Labute approximate surface area is 114 Å². The quantitative estimate of drug-likeness (QED) is 0.906. The van der Waals surface area contributed by atoms with Crippen LogP contribution in [0.4, 0.5) is 5.69 Å². The van der Waals surface area contributed by atoms with Gasteiger partial charge in [0.25, 0.3) is 0 Å². The maximum absolute atomic E-state index is 12.1. The minimum atomic E-state index is 0.185. The summed E-state index contributed by atoms with van der Waals surface area (Å²) in [5.74, 6) is 0.983. The molecule has 1 aliphatic rings. The van der Waals surface area contributed by atoms with Gasteiger partial charge in [0.1, 0.15) is 5.75 Å². The summed E-state index contributed by atoms with van der Waals surface area (Å²) in [6.07, 6.45) is 4.75. The molecule has 0 aliphatic carbocycles. The van der Waals surface area contributed by atoms with Gasteiger partial charge in [-0.2, -0.15) is 0 Å². The van der Waals surface area contributed by atoms with Crippen molar-refractivity contribution in [2.24, 2.45) is 0 Å². The fraction of sp³-hybridized carbons (Fsp3) is 0.533. The van der Waals surface area contributed by atoms with Crippen LogP contribution in [0.5, 0.6) is 5.75 Å². The maximum atomic E-state index is 12.1. The van der Waals surface area contributed by atoms with E-state index in [4.69, 9.17) is 4.74 Å². The van der Waals surface area contributed by atoms with E-state index < -0.39 is 0 Å². The van der Waals surface area contributed by atoms with E-state index in [1.807, 2.05) is 29.2 Å². The van der Waals surface area contributed by atoms with Crippen molar-refractivity contribution in [1.29, 1.82) is 0 Å². The zero-order valence-corrected chi connectivity index (χ0v) is 11.5. The van der Waals surface area contributed by atoms with Crippen molar-refractivity contribution in [3.63, 3.8) is 0 Å². The Morgan fingerprint density at radius 1 is 1.26 bits per heavy atom. The van der Waals surface area contributed by atoms with Gasteiger partial charge in [-0.1, -0.05) is 18.9 Å². The van der Waals surface area contributed by atoms with E-state index in [0.29, 0.717) is 6.54 Å². The Hall–Kier alpha value is -1.71. The smallest absolute Gasteiger partial charge is 0.241 e. The van der Waals surface area contributed by atoms with Crippen LogP contribution in [0.2, 0.25) is 0 Å². The SMILES string of the molecule is COc1cccc(NCC(=O)N2CCCCCC2)c1. The van der Waals surface area contributed by atoms with Crippen LogP contribution in [0.25, 0.3) is 0 Å². The van der Waals surface area contributed by atoms with E-state index in [1.54, 1.807) is 7.11 Å². The first kappa shape index (κ1) is 13.7. The number of hydrogen-bond donors (Lipinski definition) is 1. The van der Waals surface area contributed by atoms with E-state index in [2.05, 4.69) is 5.32 Å². The molecular weight excluding hydrogens is 240 g/mol. The molecule has 1 amide bonds. The van der Waals surface area contributed by atoms with E-state index in [1.165, 1.54) is 12.8 Å². The fourth-order valence-corrected chi connectivity index (χ4v) is 2.34. The van der Waals surface area contributed by atoms with Crippen LogP contribution in [0.3, 0.4) is 0 Å². The summed E-state index contributed by atoms with van der Waals surface area (Å²) >= 11 is 0. The van der Waals surface area contributed by atoms with Crippen LogP contribution < -0.4 is 10.1 Å². The summed E-state index contributed by atoms with van der Waals surface area (Å²) in [6.45, 7) is 2.16. The van der Waals surface area contributed by atoms with Crippen LogP contribution in [0.1, 0.15) is 25.7 Å². The summed E-state index contributed by atoms with van der Waals surface area (Å²) in [4.78, 5) is 14.1. The second-order valence-corrected chi connectivity index (χ2v) is 4.88. The summed E-state index contributed by atoms with van der Waals surface area (Å²) in [7, 11) is 1.64. The molecule has 4 nitrogen and oxygen atoms in total. The number of methoxy groups -OCH3 is 1. The van der Waals surface area contributed by atoms with Gasteiger partial charge in [0, 0.05) is 24.8 Å². The highest BCUT2D eigenvalue weighted by Gasteiger charge is 2.14. The first-order valence-electron chi connectivity index (χ1n) is 6.95. The van der Waals surface area contributed by atoms with Crippen molar-refractivity contribution in [2.45, 2.75) is 25.7 Å². The molecule has 0 aromatic heterocycles. The van der Waals surface area contributed by atoms with Crippen molar-refractivity contribution in [2.75, 3.05) is 32.1 Å². The summed E-state index contributed by atoms with van der Waals surface area (Å²) in [5, 5.41) is 3.17. The standard InChI is InChI=1S/C15H22N2O2/c1-19-14-8-6-7-13(11-14)16-12-15(18)17-9-4-2-3-5-10-17/h6-8,11,16H,2-5,9-10,12H2,1H3. The third kappa shape index (κ3) is 4.16. The number of likely N-dealkylation sites (tertiary alicyclic amines) is 1. The minimum Gasteiger partial charge on any atom is -0.497 e. The number of rotatable bonds is 4. The lowest BCUT2D eigenvalue weighted by Crippen LogP contribution is -2.36. The second-order valence-electron chi connectivity index (χ2n) is 4.88. The highest BCUT2D eigenvalue weighted by atomic mass is 16.5. The molecule has 1 aromatic rings. The molecule has 0 radical (unpaired) electrons. The third-order valence-electron chi connectivity index (χ3n) is 3.47. The normalized spacial score (nSPS) is 15.7. The minimum absolute atomic E-state index is 0.185. The van der Waals surface area contributed by atoms with E-state index in [0.717, 1.165) is 37.4 Å². The number of nitrogens with one attached hydrogen (secondary N) is 1. The monoisotopic (exact) mass is 262 g/mol. The lowest BCUT2D eigenvalue weighted by molar-refractivity contribution is -0.129. The number of ether oxygens (including phenoxy) is 1. The highest BCUT2D eigenvalue weighted by molar-refractivity contribution is 5.81. The van der Waals surface area contributed by atoms with Gasteiger partial charge < -0.3 is 15.0 Å². The summed E-state index contributed by atoms with van der Waals surface area (Å²) in [6, 6.07) is 7.65. The third-order valence-corrected chi connectivity index (χ3v) is 3.47. The first-order valence-corrected chi connectivity index (χ1v) is 6.95. The van der Waals surface area contributed by atoms with Gasteiger partial charge in [-0.05, 0) is 25.0 Å². The Morgan fingerprint density at radius 3 is 2.68 bits per heavy atom. The molecule has 104 valence electrons. The van der Waals surface area contributed by atoms with Gasteiger partial charge >= 0.3 is 0 Å². The molecule has 2 rings (SSSR count). The Balaban J connectivity index is 1.84. The van der Waals surface area contributed by atoms with Crippen LogP contribution >= 0.6 is 0 Å². The number of benzene rings is 1. The average Bonchev–Trinajstić information content (AvgIpc) is 2.74. The molecule has 0 saturated carbocycles. The Kier molecular flexibility index (Phi) is 5.07. The lowest BCUT2D eigenvalue weighted by atomic mass is 10.2. The second kappa shape index (κ2) is 7.02. The van der Waals surface area contributed by atoms with Gasteiger partial charge in [0.2, 0.25) is 5.91 Å². The van der Waals surface area contributed by atoms with Crippen molar-refractivity contribution in [1.82, 2.24) is 4.90 Å². The predicted octanol–water partition coefficient (Wildman–Crippen LogP) is 2.51. The Bertz CT molecular complexity index is 412. The number of carbonyl (C=O) groups excluding carboxylic acids is 1. The predicted molar refractivity (Wildman–Crippen MR) is 76.5 cm³/mol. The first-order chi connectivity index (χ1) is 9.29. The molecular formula is C15H22N2O2. The average molecular weight is 262 g/mol. The number of carbonyl (C=O) groups is 1. The molecule has 0 bridgehead atoms. The topological polar surface area (TPSA) is 41.6 Å². The van der Waals surface area contributed by atoms with Crippen molar-refractivity contribution >= 4 is 11.6 Å². The van der Waals surface area contributed by atoms with Gasteiger partial charge in [-0.15, -0.1) is 0 Å². The highest BCUT2D eigenvalue weighted by Crippen LogP contribution is 2.16. The number of anilines is 1. The van der Waals surface area contributed by atoms with E-state index >= 15 is 0 Å². The molecule has 19 heavy (non-hydrogen) atoms. The van der Waals surface area contributed by atoms with Gasteiger partial charge in [-0.25, -0.2) is 0 Å². The molecule has 1 aromatic carbocycles. The van der Waals surface area contributed by atoms with Gasteiger partial charge in [0.05, 0.1) is 13.7 Å². The van der Waals surface area contributed by atoms with Crippen molar-refractivity contribution < 1.29 is 9.53 Å². The molecule has 1 heterocycles. The zero-order chi connectivity index (χ0) is 13.5. The van der Waals surface area contributed by atoms with E-state index in [-0.39, 0.29) is 5.91 Å². The fourth-order valence-electron chi connectivity index (χ4n) is 2.34. The molecule has 1 fully saturated rings. The number of hydrogen-bond acceptors (Lipinski definition) is 3. The molecule has 1 N–H and O–H groups in total. The molecule has 1 aliphatic heterocycles. The number of nitrogens with zero attached hydrogens (tertiary/aromatic N) is 1. The van der Waals surface area contributed by atoms with Gasteiger partial charge in [-0.3, -0.25) is 4.79 Å². The lowest BCUT2D eigenvalue weighted by Gasteiger charge is -2.20. The van der Waals surface area contributed by atoms with Crippen LogP contribution in [-0.4, -0.2) is 37.6 Å². The molecule has 0 spiro atoms. The molecule has 1 saturated heterocycles. The van der Waals surface area contributed by atoms with Gasteiger partial charge in [0.15, 0.2) is 0 Å². The maximum Gasteiger partial charge on any atom is 0.241 e. The Morgan fingerprint density at radius 2 is 2.00 bits per heavy atom. The van der Waals surface area contributed by atoms with Crippen LogP contribution in [0, 0.1) is 0 Å².